The molecule has 0 aromatic heterocycles. The average Bonchev–Trinajstić information content (AvgIpc) is 2.05. The van der Waals surface area contributed by atoms with Gasteiger partial charge in [-0.25, -0.2) is 0 Å². The summed E-state index contributed by atoms with van der Waals surface area (Å²) in [6.45, 7) is 6.02. The second-order valence-corrected chi connectivity index (χ2v) is 2.78. The maximum atomic E-state index is 5.41. The monoisotopic (exact) mass is 144 g/mol. The van der Waals surface area contributed by atoms with Crippen molar-refractivity contribution >= 4 is 0 Å². The maximum Gasteiger partial charge on any atom is 0.157 e. The Bertz CT molecular complexity index is 73.3. The molecule has 1 aliphatic heterocycles. The molecule has 2 heteroatoms. The predicted molar refractivity (Wildman–Crippen MR) is 39.8 cm³/mol. The third-order valence-corrected chi connectivity index (χ3v) is 1.95. The van der Waals surface area contributed by atoms with Crippen molar-refractivity contribution in [1.82, 2.24) is 0 Å². The molecule has 0 aliphatic carbocycles. The second kappa shape index (κ2) is 3.94. The molecule has 2 nitrogen and oxygen atoms in total. The molecular weight excluding hydrogens is 128 g/mol. The van der Waals surface area contributed by atoms with Gasteiger partial charge in [0.25, 0.3) is 0 Å². The lowest BCUT2D eigenvalue weighted by molar-refractivity contribution is -0.201. The molecule has 0 radical (unpaired) electrons. The van der Waals surface area contributed by atoms with Gasteiger partial charge in [0, 0.05) is 5.92 Å². The summed E-state index contributed by atoms with van der Waals surface area (Å²) in [6, 6.07) is 0. The second-order valence-electron chi connectivity index (χ2n) is 2.78. The van der Waals surface area contributed by atoms with E-state index in [1.54, 1.807) is 0 Å². The molecule has 1 rings (SSSR count). The lowest BCUT2D eigenvalue weighted by atomic mass is 10.1. The highest BCUT2D eigenvalue weighted by molar-refractivity contribution is 4.59. The average molecular weight is 144 g/mol. The fourth-order valence-corrected chi connectivity index (χ4v) is 1.05. The first kappa shape index (κ1) is 8.02. The Kier molecular flexibility index (Phi) is 3.16. The molecule has 60 valence electrons. The Hall–Kier alpha value is -0.0800. The van der Waals surface area contributed by atoms with Crippen molar-refractivity contribution in [2.75, 3.05) is 13.2 Å². The van der Waals surface area contributed by atoms with E-state index in [2.05, 4.69) is 13.8 Å². The van der Waals surface area contributed by atoms with Gasteiger partial charge < -0.3 is 9.47 Å². The van der Waals surface area contributed by atoms with Gasteiger partial charge in [0.15, 0.2) is 6.29 Å². The van der Waals surface area contributed by atoms with E-state index in [1.807, 2.05) is 0 Å². The zero-order valence-corrected chi connectivity index (χ0v) is 6.80. The lowest BCUT2D eigenvalue weighted by Crippen LogP contribution is -2.31. The van der Waals surface area contributed by atoms with Crippen molar-refractivity contribution < 1.29 is 9.47 Å². The Morgan fingerprint density at radius 3 is 2.10 bits per heavy atom. The molecular formula is C8H16O2. The van der Waals surface area contributed by atoms with Gasteiger partial charge in [-0.2, -0.15) is 0 Å². The van der Waals surface area contributed by atoms with Crippen molar-refractivity contribution in [3.8, 4) is 0 Å². The van der Waals surface area contributed by atoms with Gasteiger partial charge >= 0.3 is 0 Å². The van der Waals surface area contributed by atoms with Crippen LogP contribution in [0.2, 0.25) is 0 Å². The van der Waals surface area contributed by atoms with Crippen LogP contribution in [0.4, 0.5) is 0 Å². The fraction of sp³-hybridized carbons (Fsp3) is 1.00. The Balaban J connectivity index is 2.17. The number of hydrogen-bond acceptors (Lipinski definition) is 2. The van der Waals surface area contributed by atoms with Crippen LogP contribution in [0.3, 0.4) is 0 Å². The minimum absolute atomic E-state index is 0.0720. The van der Waals surface area contributed by atoms with E-state index in [1.165, 1.54) is 0 Å². The zero-order chi connectivity index (χ0) is 7.40. The van der Waals surface area contributed by atoms with Gasteiger partial charge in [-0.3, -0.25) is 0 Å². The molecule has 0 atom stereocenters. The van der Waals surface area contributed by atoms with E-state index in [-0.39, 0.29) is 6.29 Å². The first-order valence-corrected chi connectivity index (χ1v) is 4.10. The molecule has 1 fully saturated rings. The van der Waals surface area contributed by atoms with Crippen LogP contribution in [0, 0.1) is 5.92 Å². The van der Waals surface area contributed by atoms with Gasteiger partial charge in [-0.15, -0.1) is 0 Å². The zero-order valence-electron chi connectivity index (χ0n) is 6.80. The van der Waals surface area contributed by atoms with Gasteiger partial charge in [0.05, 0.1) is 13.2 Å². The summed E-state index contributed by atoms with van der Waals surface area (Å²) in [4.78, 5) is 0. The summed E-state index contributed by atoms with van der Waals surface area (Å²) >= 11 is 0. The van der Waals surface area contributed by atoms with E-state index in [0.29, 0.717) is 5.92 Å². The van der Waals surface area contributed by atoms with Crippen LogP contribution in [0.1, 0.15) is 26.7 Å². The van der Waals surface area contributed by atoms with Crippen molar-refractivity contribution in [2.24, 2.45) is 5.92 Å². The maximum absolute atomic E-state index is 5.41. The Morgan fingerprint density at radius 1 is 1.10 bits per heavy atom. The molecule has 0 aromatic rings. The number of hydrogen-bond donors (Lipinski definition) is 0. The van der Waals surface area contributed by atoms with Crippen LogP contribution >= 0.6 is 0 Å². The molecule has 1 heterocycles. The Morgan fingerprint density at radius 2 is 1.70 bits per heavy atom. The molecule has 0 amide bonds. The van der Waals surface area contributed by atoms with E-state index in [9.17, 15) is 0 Å². The molecule has 0 spiro atoms. The van der Waals surface area contributed by atoms with Crippen LogP contribution < -0.4 is 0 Å². The topological polar surface area (TPSA) is 18.5 Å². The van der Waals surface area contributed by atoms with Crippen LogP contribution in [-0.4, -0.2) is 19.5 Å². The summed E-state index contributed by atoms with van der Waals surface area (Å²) in [5.74, 6) is 0.628. The van der Waals surface area contributed by atoms with E-state index in [4.69, 9.17) is 9.47 Å². The summed E-state index contributed by atoms with van der Waals surface area (Å²) < 4.78 is 10.8. The smallest absolute Gasteiger partial charge is 0.157 e. The van der Waals surface area contributed by atoms with Crippen LogP contribution in [0.15, 0.2) is 0 Å². The third kappa shape index (κ3) is 1.96. The summed E-state index contributed by atoms with van der Waals surface area (Å²) in [5.41, 5.74) is 0. The minimum atomic E-state index is 0.0720. The fourth-order valence-electron chi connectivity index (χ4n) is 1.05. The molecule has 1 saturated heterocycles. The SMILES string of the molecule is CCC1COC(CC)OC1. The highest BCUT2D eigenvalue weighted by atomic mass is 16.7. The molecule has 1 aliphatic rings. The van der Waals surface area contributed by atoms with E-state index < -0.39 is 0 Å². The molecule has 10 heavy (non-hydrogen) atoms. The first-order valence-electron chi connectivity index (χ1n) is 4.10. The molecule has 0 bridgehead atoms. The molecule has 0 N–H and O–H groups in total. The van der Waals surface area contributed by atoms with Crippen LogP contribution in [0.5, 0.6) is 0 Å². The molecule has 0 saturated carbocycles. The largest absolute Gasteiger partial charge is 0.352 e. The summed E-state index contributed by atoms with van der Waals surface area (Å²) in [7, 11) is 0. The Labute approximate surface area is 62.5 Å². The van der Waals surface area contributed by atoms with Gasteiger partial charge in [0.2, 0.25) is 0 Å². The van der Waals surface area contributed by atoms with Crippen molar-refractivity contribution in [3.05, 3.63) is 0 Å². The van der Waals surface area contributed by atoms with E-state index >= 15 is 0 Å². The van der Waals surface area contributed by atoms with Gasteiger partial charge in [-0.05, 0) is 12.8 Å². The highest BCUT2D eigenvalue weighted by Gasteiger charge is 2.18. The predicted octanol–water partition coefficient (Wildman–Crippen LogP) is 1.80. The quantitative estimate of drug-likeness (QED) is 0.588. The summed E-state index contributed by atoms with van der Waals surface area (Å²) in [6.07, 6.45) is 2.20. The minimum Gasteiger partial charge on any atom is -0.352 e. The van der Waals surface area contributed by atoms with Gasteiger partial charge in [0.1, 0.15) is 0 Å². The highest BCUT2D eigenvalue weighted by Crippen LogP contribution is 2.15. The molecule has 0 aromatic carbocycles. The van der Waals surface area contributed by atoms with Crippen molar-refractivity contribution in [3.63, 3.8) is 0 Å². The summed E-state index contributed by atoms with van der Waals surface area (Å²) in [5, 5.41) is 0. The normalized spacial score (nSPS) is 34.2. The van der Waals surface area contributed by atoms with Crippen molar-refractivity contribution in [1.29, 1.82) is 0 Å². The first-order chi connectivity index (χ1) is 4.86. The van der Waals surface area contributed by atoms with E-state index in [0.717, 1.165) is 26.1 Å². The van der Waals surface area contributed by atoms with Gasteiger partial charge in [-0.1, -0.05) is 13.8 Å². The van der Waals surface area contributed by atoms with Crippen LogP contribution in [-0.2, 0) is 9.47 Å². The lowest BCUT2D eigenvalue weighted by Gasteiger charge is -2.27. The third-order valence-electron chi connectivity index (χ3n) is 1.95. The molecule has 0 unspecified atom stereocenters. The van der Waals surface area contributed by atoms with Crippen molar-refractivity contribution in [2.45, 2.75) is 33.0 Å². The number of rotatable bonds is 2. The van der Waals surface area contributed by atoms with Crippen LogP contribution in [0.25, 0.3) is 0 Å². The standard InChI is InChI=1S/C8H16O2/c1-3-7-5-9-8(4-2)10-6-7/h7-8H,3-6H2,1-2H3. The number of ether oxygens (including phenoxy) is 2.